The van der Waals surface area contributed by atoms with E-state index < -0.39 is 15.9 Å². The first kappa shape index (κ1) is 21.3. The lowest BCUT2D eigenvalue weighted by Gasteiger charge is -2.20. The molecule has 1 aliphatic heterocycles. The van der Waals surface area contributed by atoms with Gasteiger partial charge in [-0.15, -0.1) is 0 Å². The molecular weight excluding hydrogens is 414 g/mol. The lowest BCUT2D eigenvalue weighted by Crippen LogP contribution is -2.32. The smallest absolute Gasteiger partial charge is 0.253 e. The minimum absolute atomic E-state index is 0.0438. The van der Waals surface area contributed by atoms with Crippen molar-refractivity contribution in [2.45, 2.75) is 37.1 Å². The molecule has 4 rings (SSSR count). The van der Waals surface area contributed by atoms with E-state index in [1.54, 1.807) is 18.2 Å². The van der Waals surface area contributed by atoms with Gasteiger partial charge >= 0.3 is 0 Å². The Bertz CT molecular complexity index is 1260. The van der Waals surface area contributed by atoms with Gasteiger partial charge in [-0.1, -0.05) is 37.1 Å². The van der Waals surface area contributed by atoms with Gasteiger partial charge in [-0.05, 0) is 48.6 Å². The second-order valence-corrected chi connectivity index (χ2v) is 9.68. The average Bonchev–Trinajstić information content (AvgIpc) is 3.08. The largest absolute Gasteiger partial charge is 0.348 e. The molecule has 31 heavy (non-hydrogen) atoms. The number of carbonyl (C=O) groups excluding carboxylic acids is 1. The Hall–Kier alpha value is -2.97. The normalized spacial score (nSPS) is 15.5. The maximum atomic E-state index is 13.0. The van der Waals surface area contributed by atoms with Crippen molar-refractivity contribution in [2.75, 3.05) is 13.1 Å². The molecule has 2 N–H and O–H groups in total. The molecule has 0 unspecified atom stereocenters. The monoisotopic (exact) mass is 439 g/mol. The minimum Gasteiger partial charge on any atom is -0.348 e. The molecule has 3 aromatic rings. The summed E-state index contributed by atoms with van der Waals surface area (Å²) in [6.07, 6.45) is 3.75. The van der Waals surface area contributed by atoms with Crippen LogP contribution in [-0.4, -0.2) is 36.7 Å². The number of nitrogens with zero attached hydrogens (tertiary/aromatic N) is 1. The quantitative estimate of drug-likeness (QED) is 0.638. The highest BCUT2D eigenvalue weighted by Gasteiger charge is 2.25. The van der Waals surface area contributed by atoms with Gasteiger partial charge in [0, 0.05) is 36.3 Å². The van der Waals surface area contributed by atoms with Crippen LogP contribution in [0.1, 0.15) is 41.6 Å². The van der Waals surface area contributed by atoms with Crippen LogP contribution in [0, 0.1) is 0 Å². The molecule has 0 aliphatic carbocycles. The molecule has 8 heteroatoms. The SMILES string of the molecule is O=C(NCc1cc2ccccc2[nH]c1=O)c1cccc(S(=O)(=O)N2CCCCCC2)c1. The minimum atomic E-state index is -3.64. The zero-order chi connectivity index (χ0) is 21.8. The molecule has 0 saturated carbocycles. The Morgan fingerprint density at radius 2 is 1.71 bits per heavy atom. The number of para-hydroxylation sites is 1. The van der Waals surface area contributed by atoms with Crippen LogP contribution in [0.15, 0.2) is 64.3 Å². The van der Waals surface area contributed by atoms with E-state index in [0.717, 1.165) is 36.6 Å². The fraction of sp³-hybridized carbons (Fsp3) is 0.304. The van der Waals surface area contributed by atoms with Crippen molar-refractivity contribution in [3.63, 3.8) is 0 Å². The molecule has 0 spiro atoms. The van der Waals surface area contributed by atoms with Gasteiger partial charge in [-0.3, -0.25) is 9.59 Å². The first-order valence-electron chi connectivity index (χ1n) is 10.4. The van der Waals surface area contributed by atoms with Crippen LogP contribution < -0.4 is 10.9 Å². The van der Waals surface area contributed by atoms with Crippen molar-refractivity contribution in [1.29, 1.82) is 0 Å². The number of aromatic nitrogens is 1. The van der Waals surface area contributed by atoms with Crippen molar-refractivity contribution in [3.05, 3.63) is 76.1 Å². The second-order valence-electron chi connectivity index (χ2n) is 7.74. The summed E-state index contributed by atoms with van der Waals surface area (Å²) in [5.41, 5.74) is 1.14. The van der Waals surface area contributed by atoms with E-state index in [2.05, 4.69) is 10.3 Å². The highest BCUT2D eigenvalue weighted by molar-refractivity contribution is 7.89. The maximum absolute atomic E-state index is 13.0. The summed E-state index contributed by atoms with van der Waals surface area (Å²) in [5, 5.41) is 3.59. The predicted molar refractivity (Wildman–Crippen MR) is 119 cm³/mol. The number of amides is 1. The average molecular weight is 440 g/mol. The Morgan fingerprint density at radius 1 is 0.968 bits per heavy atom. The first-order valence-corrected chi connectivity index (χ1v) is 11.9. The highest BCUT2D eigenvalue weighted by atomic mass is 32.2. The third-order valence-electron chi connectivity index (χ3n) is 5.57. The Balaban J connectivity index is 1.51. The van der Waals surface area contributed by atoms with Gasteiger partial charge in [0.05, 0.1) is 4.90 Å². The number of aromatic amines is 1. The van der Waals surface area contributed by atoms with E-state index in [1.807, 2.05) is 24.3 Å². The summed E-state index contributed by atoms with van der Waals surface area (Å²) in [5.74, 6) is -0.430. The zero-order valence-electron chi connectivity index (χ0n) is 17.1. The van der Waals surface area contributed by atoms with Crippen LogP contribution in [0.2, 0.25) is 0 Å². The van der Waals surface area contributed by atoms with E-state index in [1.165, 1.54) is 16.4 Å². The lowest BCUT2D eigenvalue weighted by atomic mass is 10.1. The van der Waals surface area contributed by atoms with E-state index in [-0.39, 0.29) is 22.6 Å². The summed E-state index contributed by atoms with van der Waals surface area (Å²) in [6.45, 7) is 1.05. The number of fused-ring (bicyclic) bond motifs is 1. The number of sulfonamides is 1. The number of pyridine rings is 1. The van der Waals surface area contributed by atoms with Gasteiger partial charge in [0.2, 0.25) is 10.0 Å². The molecule has 1 fully saturated rings. The third kappa shape index (κ3) is 4.70. The number of rotatable bonds is 5. The maximum Gasteiger partial charge on any atom is 0.253 e. The van der Waals surface area contributed by atoms with E-state index in [9.17, 15) is 18.0 Å². The summed E-state index contributed by atoms with van der Waals surface area (Å²) >= 11 is 0. The lowest BCUT2D eigenvalue weighted by molar-refractivity contribution is 0.0950. The van der Waals surface area contributed by atoms with Gasteiger partial charge in [0.1, 0.15) is 0 Å². The molecule has 162 valence electrons. The molecule has 1 saturated heterocycles. The topological polar surface area (TPSA) is 99.3 Å². The molecule has 0 radical (unpaired) electrons. The van der Waals surface area contributed by atoms with Crippen LogP contribution in [0.5, 0.6) is 0 Å². The molecule has 2 aromatic carbocycles. The van der Waals surface area contributed by atoms with E-state index >= 15 is 0 Å². The van der Waals surface area contributed by atoms with Crippen LogP contribution in [-0.2, 0) is 16.6 Å². The Kier molecular flexibility index (Phi) is 6.20. The van der Waals surface area contributed by atoms with E-state index in [0.29, 0.717) is 18.7 Å². The predicted octanol–water partition coefficient (Wildman–Crippen LogP) is 3.02. The molecular formula is C23H25N3O4S. The van der Waals surface area contributed by atoms with Gasteiger partial charge in [-0.25, -0.2) is 8.42 Å². The van der Waals surface area contributed by atoms with Crippen molar-refractivity contribution >= 4 is 26.8 Å². The number of benzene rings is 2. The molecule has 0 atom stereocenters. The van der Waals surface area contributed by atoms with Crippen molar-refractivity contribution < 1.29 is 13.2 Å². The van der Waals surface area contributed by atoms with E-state index in [4.69, 9.17) is 0 Å². The van der Waals surface area contributed by atoms with Gasteiger partial charge in [0.15, 0.2) is 0 Å². The molecule has 1 amide bonds. The number of H-pyrrole nitrogens is 1. The van der Waals surface area contributed by atoms with Gasteiger partial charge in [-0.2, -0.15) is 4.31 Å². The van der Waals surface area contributed by atoms with Crippen molar-refractivity contribution in [2.24, 2.45) is 0 Å². The van der Waals surface area contributed by atoms with Crippen LogP contribution in [0.4, 0.5) is 0 Å². The van der Waals surface area contributed by atoms with Gasteiger partial charge in [0.25, 0.3) is 11.5 Å². The Labute approximate surface area is 181 Å². The van der Waals surface area contributed by atoms with Crippen LogP contribution in [0.25, 0.3) is 10.9 Å². The molecule has 1 aliphatic rings. The number of carbonyl (C=O) groups is 1. The zero-order valence-corrected chi connectivity index (χ0v) is 18.0. The second kappa shape index (κ2) is 9.03. The van der Waals surface area contributed by atoms with Crippen molar-refractivity contribution in [3.8, 4) is 0 Å². The summed E-state index contributed by atoms with van der Waals surface area (Å²) < 4.78 is 27.5. The third-order valence-corrected chi connectivity index (χ3v) is 7.46. The highest BCUT2D eigenvalue weighted by Crippen LogP contribution is 2.21. The molecule has 2 heterocycles. The number of hydrogen-bond donors (Lipinski definition) is 2. The van der Waals surface area contributed by atoms with Crippen LogP contribution in [0.3, 0.4) is 0 Å². The van der Waals surface area contributed by atoms with Crippen molar-refractivity contribution in [1.82, 2.24) is 14.6 Å². The first-order chi connectivity index (χ1) is 14.9. The molecule has 1 aromatic heterocycles. The number of nitrogens with one attached hydrogen (secondary N) is 2. The Morgan fingerprint density at radius 3 is 2.48 bits per heavy atom. The standard InChI is InChI=1S/C23H25N3O4S/c27-22(24-16-19-14-17-8-3-4-11-21(17)25-23(19)28)18-9-7-10-20(15-18)31(29,30)26-12-5-1-2-6-13-26/h3-4,7-11,14-15H,1-2,5-6,12-13,16H2,(H,24,27)(H,25,28). The van der Waals surface area contributed by atoms with Gasteiger partial charge < -0.3 is 10.3 Å². The summed E-state index contributed by atoms with van der Waals surface area (Å²) in [6, 6.07) is 15.2. The summed E-state index contributed by atoms with van der Waals surface area (Å²) in [7, 11) is -3.64. The van der Waals surface area contributed by atoms with Crippen LogP contribution >= 0.6 is 0 Å². The fourth-order valence-electron chi connectivity index (χ4n) is 3.83. The molecule has 7 nitrogen and oxygen atoms in total. The number of hydrogen-bond acceptors (Lipinski definition) is 4. The molecule has 0 bridgehead atoms. The fourth-order valence-corrected chi connectivity index (χ4v) is 5.39. The summed E-state index contributed by atoms with van der Waals surface area (Å²) in [4.78, 5) is 27.9.